The van der Waals surface area contributed by atoms with Crippen molar-refractivity contribution in [1.82, 2.24) is 4.57 Å². The van der Waals surface area contributed by atoms with Gasteiger partial charge in [-0.1, -0.05) is 45.5 Å². The van der Waals surface area contributed by atoms with Gasteiger partial charge in [-0.3, -0.25) is 14.2 Å². The predicted octanol–water partition coefficient (Wildman–Crippen LogP) is 4.75. The SMILES string of the molecule is CCOC(=O)C1=C(C)N=c2s/c(=C/c3ccc(-c4ccc(Br)cc4)o3)c(=O)n2[C@@H]1c1ccc(OC(C)=O)c(OC)c1. The maximum absolute atomic E-state index is 13.9. The Morgan fingerprint density at radius 3 is 2.56 bits per heavy atom. The Hall–Kier alpha value is -4.22. The number of hydrogen-bond acceptors (Lipinski definition) is 9. The molecule has 0 unspecified atom stereocenters. The fourth-order valence-electron chi connectivity index (χ4n) is 4.53. The van der Waals surface area contributed by atoms with E-state index in [0.29, 0.717) is 32.1 Å². The monoisotopic (exact) mass is 636 g/mol. The van der Waals surface area contributed by atoms with Crippen LogP contribution in [0.25, 0.3) is 17.4 Å². The van der Waals surface area contributed by atoms with Gasteiger partial charge in [0.25, 0.3) is 5.56 Å². The summed E-state index contributed by atoms with van der Waals surface area (Å²) in [5.74, 6) is 0.561. The zero-order chi connectivity index (χ0) is 29.3. The van der Waals surface area contributed by atoms with Gasteiger partial charge in [-0.15, -0.1) is 0 Å². The summed E-state index contributed by atoms with van der Waals surface area (Å²) in [5, 5.41) is 0. The predicted molar refractivity (Wildman–Crippen MR) is 157 cm³/mol. The number of ether oxygens (including phenoxy) is 3. The first-order valence-electron chi connectivity index (χ1n) is 12.6. The van der Waals surface area contributed by atoms with Gasteiger partial charge in [-0.25, -0.2) is 9.79 Å². The van der Waals surface area contributed by atoms with Crippen molar-refractivity contribution in [3.05, 3.63) is 101 Å². The minimum atomic E-state index is -0.859. The summed E-state index contributed by atoms with van der Waals surface area (Å²) < 4.78 is 24.9. The number of fused-ring (bicyclic) bond motifs is 1. The molecule has 4 aromatic rings. The van der Waals surface area contributed by atoms with Crippen LogP contribution in [0.1, 0.15) is 38.1 Å². The van der Waals surface area contributed by atoms with Crippen LogP contribution >= 0.6 is 27.3 Å². The number of benzene rings is 2. The van der Waals surface area contributed by atoms with Crippen LogP contribution in [0.2, 0.25) is 0 Å². The molecular formula is C30H25BrN2O7S. The van der Waals surface area contributed by atoms with E-state index in [4.69, 9.17) is 18.6 Å². The second-order valence-electron chi connectivity index (χ2n) is 9.02. The third-order valence-corrected chi connectivity index (χ3v) is 7.81. The van der Waals surface area contributed by atoms with E-state index in [1.165, 1.54) is 29.9 Å². The molecule has 9 nitrogen and oxygen atoms in total. The summed E-state index contributed by atoms with van der Waals surface area (Å²) in [5.41, 5.74) is 1.76. The van der Waals surface area contributed by atoms with Gasteiger partial charge in [0.2, 0.25) is 0 Å². The van der Waals surface area contributed by atoms with E-state index in [1.54, 1.807) is 44.2 Å². The Morgan fingerprint density at radius 2 is 1.88 bits per heavy atom. The van der Waals surface area contributed by atoms with E-state index in [-0.39, 0.29) is 29.2 Å². The van der Waals surface area contributed by atoms with Gasteiger partial charge in [-0.05, 0) is 55.8 Å². The lowest BCUT2D eigenvalue weighted by Crippen LogP contribution is -2.39. The minimum absolute atomic E-state index is 0.153. The second kappa shape index (κ2) is 11.7. The number of rotatable bonds is 7. The zero-order valence-corrected chi connectivity index (χ0v) is 25.0. The van der Waals surface area contributed by atoms with Gasteiger partial charge in [0.05, 0.1) is 35.6 Å². The van der Waals surface area contributed by atoms with Crippen LogP contribution in [0.5, 0.6) is 11.5 Å². The van der Waals surface area contributed by atoms with Crippen molar-refractivity contribution in [2.75, 3.05) is 13.7 Å². The lowest BCUT2D eigenvalue weighted by atomic mass is 9.95. The molecule has 1 aliphatic rings. The van der Waals surface area contributed by atoms with Crippen LogP contribution in [-0.4, -0.2) is 30.2 Å². The number of hydrogen-bond donors (Lipinski definition) is 0. The average molecular weight is 638 g/mol. The highest BCUT2D eigenvalue weighted by atomic mass is 79.9. The maximum atomic E-state index is 13.9. The third-order valence-electron chi connectivity index (χ3n) is 6.30. The topological polar surface area (TPSA) is 109 Å². The van der Waals surface area contributed by atoms with Crippen LogP contribution in [0.4, 0.5) is 0 Å². The number of nitrogens with zero attached hydrogens (tertiary/aromatic N) is 2. The molecule has 0 aliphatic carbocycles. The van der Waals surface area contributed by atoms with Crippen molar-refractivity contribution in [2.45, 2.75) is 26.8 Å². The van der Waals surface area contributed by atoms with Crippen molar-refractivity contribution in [2.24, 2.45) is 4.99 Å². The van der Waals surface area contributed by atoms with E-state index >= 15 is 0 Å². The van der Waals surface area contributed by atoms with E-state index in [9.17, 15) is 14.4 Å². The first kappa shape index (κ1) is 28.3. The zero-order valence-electron chi connectivity index (χ0n) is 22.6. The molecule has 3 heterocycles. The molecule has 1 atom stereocenters. The molecule has 0 N–H and O–H groups in total. The molecule has 0 radical (unpaired) electrons. The summed E-state index contributed by atoms with van der Waals surface area (Å²) >= 11 is 4.62. The maximum Gasteiger partial charge on any atom is 0.338 e. The molecule has 2 aromatic carbocycles. The second-order valence-corrected chi connectivity index (χ2v) is 10.9. The van der Waals surface area contributed by atoms with Gasteiger partial charge in [0.1, 0.15) is 11.5 Å². The Balaban J connectivity index is 1.64. The van der Waals surface area contributed by atoms with Crippen molar-refractivity contribution in [3.8, 4) is 22.8 Å². The number of halogens is 1. The number of allylic oxidation sites excluding steroid dienone is 1. The highest BCUT2D eigenvalue weighted by Crippen LogP contribution is 2.36. The molecule has 2 aromatic heterocycles. The summed E-state index contributed by atoms with van der Waals surface area (Å²) in [6.07, 6.45) is 1.66. The van der Waals surface area contributed by atoms with Crippen LogP contribution in [0, 0.1) is 0 Å². The molecule has 41 heavy (non-hydrogen) atoms. The van der Waals surface area contributed by atoms with Gasteiger partial charge < -0.3 is 18.6 Å². The van der Waals surface area contributed by atoms with Gasteiger partial charge in [-0.2, -0.15) is 0 Å². The summed E-state index contributed by atoms with van der Waals surface area (Å²) in [7, 11) is 1.44. The van der Waals surface area contributed by atoms with Gasteiger partial charge in [0, 0.05) is 23.0 Å². The highest BCUT2D eigenvalue weighted by Gasteiger charge is 2.34. The van der Waals surface area contributed by atoms with Gasteiger partial charge >= 0.3 is 11.9 Å². The molecule has 0 spiro atoms. The molecule has 0 saturated heterocycles. The summed E-state index contributed by atoms with van der Waals surface area (Å²) in [6, 6.07) is 15.4. The Labute approximate surface area is 247 Å². The summed E-state index contributed by atoms with van der Waals surface area (Å²) in [6.45, 7) is 4.86. The average Bonchev–Trinajstić information content (AvgIpc) is 3.52. The lowest BCUT2D eigenvalue weighted by Gasteiger charge is -2.25. The van der Waals surface area contributed by atoms with Crippen molar-refractivity contribution < 1.29 is 28.2 Å². The normalized spacial score (nSPS) is 14.9. The van der Waals surface area contributed by atoms with Crippen LogP contribution in [0.15, 0.2) is 84.5 Å². The van der Waals surface area contributed by atoms with Crippen molar-refractivity contribution in [1.29, 1.82) is 0 Å². The fourth-order valence-corrected chi connectivity index (χ4v) is 5.82. The van der Waals surface area contributed by atoms with Crippen molar-refractivity contribution in [3.63, 3.8) is 0 Å². The number of esters is 2. The van der Waals surface area contributed by atoms with Crippen molar-refractivity contribution >= 4 is 45.3 Å². The van der Waals surface area contributed by atoms with Gasteiger partial charge in [0.15, 0.2) is 16.3 Å². The Morgan fingerprint density at radius 1 is 1.12 bits per heavy atom. The smallest absolute Gasteiger partial charge is 0.338 e. The quantitative estimate of drug-likeness (QED) is 0.213. The molecule has 210 valence electrons. The molecule has 0 fully saturated rings. The van der Waals surface area contributed by atoms with E-state index < -0.39 is 18.0 Å². The Kier molecular flexibility index (Phi) is 8.09. The van der Waals surface area contributed by atoms with E-state index in [2.05, 4.69) is 20.9 Å². The fraction of sp³-hybridized carbons (Fsp3) is 0.200. The molecule has 11 heteroatoms. The minimum Gasteiger partial charge on any atom is -0.493 e. The number of carbonyl (C=O) groups is 2. The molecule has 1 aliphatic heterocycles. The number of furan rings is 1. The molecule has 0 saturated carbocycles. The molecule has 5 rings (SSSR count). The molecular weight excluding hydrogens is 612 g/mol. The number of carbonyl (C=O) groups excluding carboxylic acids is 2. The lowest BCUT2D eigenvalue weighted by molar-refractivity contribution is -0.139. The Bertz CT molecular complexity index is 1870. The largest absolute Gasteiger partial charge is 0.493 e. The highest BCUT2D eigenvalue weighted by molar-refractivity contribution is 9.10. The number of aromatic nitrogens is 1. The van der Waals surface area contributed by atoms with E-state index in [1.807, 2.05) is 30.3 Å². The van der Waals surface area contributed by atoms with Crippen LogP contribution in [-0.2, 0) is 14.3 Å². The number of methoxy groups -OCH3 is 1. The molecule has 0 bridgehead atoms. The van der Waals surface area contributed by atoms with E-state index in [0.717, 1.165) is 10.0 Å². The molecule has 0 amide bonds. The standard InChI is InChI=1S/C30H25BrN2O7S/c1-5-38-29(36)26-16(2)32-30-33(27(26)19-8-12-23(39-17(3)34)24(14-19)37-4)28(35)25(41-30)15-21-11-13-22(40-21)18-6-9-20(31)10-7-18/h6-15,27H,5H2,1-4H3/b25-15+/t27-/m1/s1. The first-order valence-corrected chi connectivity index (χ1v) is 14.2. The third kappa shape index (κ3) is 5.68. The summed E-state index contributed by atoms with van der Waals surface area (Å²) in [4.78, 5) is 43.6. The first-order chi connectivity index (χ1) is 19.7. The number of thiazole rings is 1. The van der Waals surface area contributed by atoms with Crippen LogP contribution < -0.4 is 24.4 Å². The van der Waals surface area contributed by atoms with Crippen LogP contribution in [0.3, 0.4) is 0 Å².